The molecule has 0 saturated heterocycles. The van der Waals surface area contributed by atoms with E-state index in [1.54, 1.807) is 17.9 Å². The van der Waals surface area contributed by atoms with Gasteiger partial charge in [0.2, 0.25) is 0 Å². The summed E-state index contributed by atoms with van der Waals surface area (Å²) >= 11 is 0. The van der Waals surface area contributed by atoms with Gasteiger partial charge in [-0.3, -0.25) is 9.59 Å². The largest absolute Gasteiger partial charge is 0.466 e. The minimum absolute atomic E-state index is 0.316. The zero-order valence-electron chi connectivity index (χ0n) is 18.6. The summed E-state index contributed by atoms with van der Waals surface area (Å²) < 4.78 is 5.96. The molecule has 0 radical (unpaired) electrons. The van der Waals surface area contributed by atoms with Gasteiger partial charge in [-0.2, -0.15) is 0 Å². The number of rotatable bonds is 3. The van der Waals surface area contributed by atoms with Crippen molar-refractivity contribution in [3.05, 3.63) is 65.4 Å². The molecule has 1 aromatic heterocycles. The lowest BCUT2D eigenvalue weighted by Crippen LogP contribution is -2.60. The summed E-state index contributed by atoms with van der Waals surface area (Å²) in [5, 5.41) is 4.05. The van der Waals surface area contributed by atoms with E-state index < -0.39 is 11.5 Å². The van der Waals surface area contributed by atoms with Crippen LogP contribution in [0, 0.1) is 6.92 Å². The number of carbonyl (C=O) groups excluding carboxylic acids is 2. The van der Waals surface area contributed by atoms with Gasteiger partial charge in [-0.15, -0.1) is 0 Å². The van der Waals surface area contributed by atoms with Crippen LogP contribution in [-0.4, -0.2) is 40.4 Å². The number of hydrogen-bond donors (Lipinski definition) is 2. The normalized spacial score (nSPS) is 20.4. The molecule has 2 N–H and O–H groups in total. The van der Waals surface area contributed by atoms with E-state index in [-0.39, 0.29) is 5.91 Å². The second-order valence-corrected chi connectivity index (χ2v) is 8.72. The molecule has 5 rings (SSSR count). The van der Waals surface area contributed by atoms with Crippen LogP contribution in [0.25, 0.3) is 16.5 Å². The molecular formula is C26H27N3O3. The van der Waals surface area contributed by atoms with Gasteiger partial charge in [-0.1, -0.05) is 37.3 Å². The number of nitrogens with zero attached hydrogens (tertiary/aromatic N) is 1. The predicted molar refractivity (Wildman–Crippen MR) is 126 cm³/mol. The zero-order valence-corrected chi connectivity index (χ0v) is 18.6. The van der Waals surface area contributed by atoms with Crippen LogP contribution in [0.1, 0.15) is 37.0 Å². The summed E-state index contributed by atoms with van der Waals surface area (Å²) in [6.45, 7) is 6.64. The molecule has 1 unspecified atom stereocenters. The molecule has 32 heavy (non-hydrogen) atoms. The molecule has 0 saturated carbocycles. The number of aromatic amines is 1. The highest BCUT2D eigenvalue weighted by Gasteiger charge is 2.49. The minimum atomic E-state index is -1.58. The van der Waals surface area contributed by atoms with Gasteiger partial charge in [0, 0.05) is 35.8 Å². The van der Waals surface area contributed by atoms with E-state index in [1.165, 1.54) is 27.6 Å². The van der Waals surface area contributed by atoms with Gasteiger partial charge in [0.25, 0.3) is 17.4 Å². The first-order valence-corrected chi connectivity index (χ1v) is 11.1. The van der Waals surface area contributed by atoms with Crippen LogP contribution in [0.3, 0.4) is 0 Å². The third-order valence-corrected chi connectivity index (χ3v) is 6.56. The summed E-state index contributed by atoms with van der Waals surface area (Å²) in [6, 6.07) is 11.9. The number of anilines is 1. The number of ether oxygens (including phenoxy) is 1. The molecule has 0 aliphatic carbocycles. The molecule has 2 aromatic carbocycles. The highest BCUT2D eigenvalue weighted by Crippen LogP contribution is 2.36. The van der Waals surface area contributed by atoms with E-state index in [0.717, 1.165) is 18.4 Å². The van der Waals surface area contributed by atoms with Gasteiger partial charge >= 0.3 is 0 Å². The average Bonchev–Trinajstić information content (AvgIpc) is 3.24. The lowest BCUT2D eigenvalue weighted by atomic mass is 9.95. The van der Waals surface area contributed by atoms with Crippen LogP contribution in [0.4, 0.5) is 5.69 Å². The van der Waals surface area contributed by atoms with E-state index in [1.807, 2.05) is 19.1 Å². The molecule has 6 heteroatoms. The monoisotopic (exact) mass is 429 g/mol. The Balaban J connectivity index is 1.37. The Hall–Kier alpha value is -3.54. The Morgan fingerprint density at radius 2 is 2.09 bits per heavy atom. The number of amides is 2. The number of aryl methyl sites for hydroxylation is 2. The molecule has 3 aromatic rings. The number of para-hydroxylation sites is 1. The highest BCUT2D eigenvalue weighted by atomic mass is 16.5. The number of benzene rings is 2. The summed E-state index contributed by atoms with van der Waals surface area (Å²) in [7, 11) is 0. The quantitative estimate of drug-likeness (QED) is 0.605. The molecule has 2 amide bonds. The van der Waals surface area contributed by atoms with Crippen molar-refractivity contribution in [3.63, 3.8) is 0 Å². The van der Waals surface area contributed by atoms with Crippen molar-refractivity contribution in [3.8, 4) is 5.75 Å². The second-order valence-electron chi connectivity index (χ2n) is 8.72. The minimum Gasteiger partial charge on any atom is -0.466 e. The van der Waals surface area contributed by atoms with Crippen molar-refractivity contribution in [2.24, 2.45) is 0 Å². The van der Waals surface area contributed by atoms with E-state index in [2.05, 4.69) is 47.7 Å². The predicted octanol–water partition coefficient (Wildman–Crippen LogP) is 4.44. The fraction of sp³-hybridized carbons (Fsp3) is 0.308. The van der Waals surface area contributed by atoms with Crippen LogP contribution in [0.15, 0.2) is 48.7 Å². The standard InChI is InChI=1S/C26H27N3O3/c1-4-17-6-5-7-19-20(15-27-23(17)19)18-10-12-29(13-11-18)25(31)26(3)24(30)28-21-14-16(2)8-9-22(21)32-26/h5-10,14-15,27H,4,11-13H2,1-3H3,(H,28,30). The third kappa shape index (κ3) is 3.18. The maximum atomic E-state index is 13.4. The number of fused-ring (bicyclic) bond motifs is 2. The van der Waals surface area contributed by atoms with Crippen LogP contribution in [0.5, 0.6) is 5.75 Å². The van der Waals surface area contributed by atoms with Crippen molar-refractivity contribution in [2.45, 2.75) is 39.2 Å². The Kier molecular flexibility index (Phi) is 4.81. The van der Waals surface area contributed by atoms with Crippen LogP contribution < -0.4 is 10.1 Å². The lowest BCUT2D eigenvalue weighted by molar-refractivity contribution is -0.154. The number of aromatic nitrogens is 1. The summed E-state index contributed by atoms with van der Waals surface area (Å²) in [5.41, 5.74) is 4.92. The van der Waals surface area contributed by atoms with E-state index in [0.29, 0.717) is 24.5 Å². The van der Waals surface area contributed by atoms with Gasteiger partial charge in [0.15, 0.2) is 0 Å². The number of hydrogen-bond acceptors (Lipinski definition) is 3. The van der Waals surface area contributed by atoms with Crippen molar-refractivity contribution >= 4 is 34.0 Å². The molecule has 0 spiro atoms. The molecule has 164 valence electrons. The number of H-pyrrole nitrogens is 1. The summed E-state index contributed by atoms with van der Waals surface area (Å²) in [6.07, 6.45) is 5.85. The van der Waals surface area contributed by atoms with Crippen LogP contribution >= 0.6 is 0 Å². The Morgan fingerprint density at radius 1 is 1.25 bits per heavy atom. The average molecular weight is 430 g/mol. The zero-order chi connectivity index (χ0) is 22.5. The Labute approximate surface area is 187 Å². The van der Waals surface area contributed by atoms with Crippen molar-refractivity contribution in [1.82, 2.24) is 9.88 Å². The van der Waals surface area contributed by atoms with Crippen molar-refractivity contribution in [1.29, 1.82) is 0 Å². The lowest BCUT2D eigenvalue weighted by Gasteiger charge is -2.38. The number of nitrogens with one attached hydrogen (secondary N) is 2. The topological polar surface area (TPSA) is 74.4 Å². The van der Waals surface area contributed by atoms with Crippen molar-refractivity contribution < 1.29 is 14.3 Å². The van der Waals surface area contributed by atoms with Gasteiger partial charge in [-0.25, -0.2) is 0 Å². The molecule has 0 fully saturated rings. The molecule has 3 heterocycles. The van der Waals surface area contributed by atoms with Gasteiger partial charge in [0.1, 0.15) is 5.75 Å². The van der Waals surface area contributed by atoms with Crippen LogP contribution in [-0.2, 0) is 16.0 Å². The van der Waals surface area contributed by atoms with Gasteiger partial charge in [0.05, 0.1) is 5.69 Å². The first kappa shape index (κ1) is 20.4. The van der Waals surface area contributed by atoms with Crippen molar-refractivity contribution in [2.75, 3.05) is 18.4 Å². The second kappa shape index (κ2) is 7.55. The fourth-order valence-electron chi connectivity index (χ4n) is 4.66. The smallest absolute Gasteiger partial charge is 0.278 e. The summed E-state index contributed by atoms with van der Waals surface area (Å²) in [4.78, 5) is 31.3. The SMILES string of the molecule is CCc1cccc2c(C3=CCN(C(=O)C4(C)Oc5ccc(C)cc5NC4=O)CC3)c[nH]c12. The maximum absolute atomic E-state index is 13.4. The van der Waals surface area contributed by atoms with Gasteiger partial charge in [-0.05, 0) is 55.5 Å². The Bertz CT molecular complexity index is 1270. The summed E-state index contributed by atoms with van der Waals surface area (Å²) in [5.74, 6) is -0.229. The first-order chi connectivity index (χ1) is 15.4. The van der Waals surface area contributed by atoms with E-state index in [4.69, 9.17) is 4.74 Å². The highest BCUT2D eigenvalue weighted by molar-refractivity contribution is 6.15. The molecule has 0 bridgehead atoms. The van der Waals surface area contributed by atoms with E-state index in [9.17, 15) is 9.59 Å². The molecule has 2 aliphatic rings. The van der Waals surface area contributed by atoms with E-state index >= 15 is 0 Å². The maximum Gasteiger partial charge on any atom is 0.278 e. The van der Waals surface area contributed by atoms with Gasteiger partial charge < -0.3 is 19.9 Å². The third-order valence-electron chi connectivity index (χ3n) is 6.56. The molecule has 2 aliphatic heterocycles. The van der Waals surface area contributed by atoms with Crippen LogP contribution in [0.2, 0.25) is 0 Å². The Morgan fingerprint density at radius 3 is 2.84 bits per heavy atom. The fourth-order valence-corrected chi connectivity index (χ4v) is 4.66. The first-order valence-electron chi connectivity index (χ1n) is 11.1. The molecule has 6 nitrogen and oxygen atoms in total. The molecular weight excluding hydrogens is 402 g/mol. The molecule has 1 atom stereocenters. The number of carbonyl (C=O) groups is 2.